The van der Waals surface area contributed by atoms with E-state index in [0.29, 0.717) is 6.41 Å². The van der Waals surface area contributed by atoms with Crippen LogP contribution >= 0.6 is 0 Å². The van der Waals surface area contributed by atoms with E-state index >= 15 is 0 Å². The second-order valence-corrected chi connectivity index (χ2v) is 3.39. The fraction of sp³-hybridized carbons (Fsp3) is 0.923. The standard InChI is InChI=1S/C5H12O.C4H9NO.2C2H6/c1-5(2,3)6-4;1-2-3-5-4-6;2*1-2/h1-4H3;4H,2-3H2,1H3,(H,5,6);2*1-2H3. The number of methoxy groups -OCH3 is 1. The monoisotopic (exact) mass is 235 g/mol. The molecule has 1 amide bonds. The van der Waals surface area contributed by atoms with E-state index < -0.39 is 0 Å². The van der Waals surface area contributed by atoms with Gasteiger partial charge in [-0.15, -0.1) is 0 Å². The molecule has 0 heterocycles. The van der Waals surface area contributed by atoms with Crippen LogP contribution < -0.4 is 5.32 Å². The first-order valence-electron chi connectivity index (χ1n) is 6.20. The van der Waals surface area contributed by atoms with Crippen molar-refractivity contribution in [3.05, 3.63) is 0 Å². The van der Waals surface area contributed by atoms with Gasteiger partial charge < -0.3 is 10.1 Å². The maximum Gasteiger partial charge on any atom is 0.207 e. The fourth-order valence-electron chi connectivity index (χ4n) is 0.203. The summed E-state index contributed by atoms with van der Waals surface area (Å²) in [6, 6.07) is 0. The number of nitrogens with one attached hydrogen (secondary N) is 1. The van der Waals surface area contributed by atoms with Crippen LogP contribution in [0, 0.1) is 0 Å². The highest BCUT2D eigenvalue weighted by Crippen LogP contribution is 2.02. The largest absolute Gasteiger partial charge is 0.379 e. The number of carbonyl (C=O) groups is 1. The van der Waals surface area contributed by atoms with Crippen LogP contribution in [0.5, 0.6) is 0 Å². The van der Waals surface area contributed by atoms with Gasteiger partial charge in [0.2, 0.25) is 6.41 Å². The molecule has 0 fully saturated rings. The van der Waals surface area contributed by atoms with Crippen LogP contribution in [0.15, 0.2) is 0 Å². The van der Waals surface area contributed by atoms with Crippen molar-refractivity contribution in [3.8, 4) is 0 Å². The quantitative estimate of drug-likeness (QED) is 0.599. The number of hydrogen-bond donors (Lipinski definition) is 1. The molecule has 0 aliphatic carbocycles. The zero-order valence-corrected chi connectivity index (χ0v) is 12.8. The molecule has 1 N–H and O–H groups in total. The minimum Gasteiger partial charge on any atom is -0.379 e. The van der Waals surface area contributed by atoms with Gasteiger partial charge in [-0.25, -0.2) is 0 Å². The van der Waals surface area contributed by atoms with E-state index in [1.54, 1.807) is 7.11 Å². The summed E-state index contributed by atoms with van der Waals surface area (Å²) in [5.41, 5.74) is 0.0417. The molecule has 0 aliphatic heterocycles. The van der Waals surface area contributed by atoms with Crippen molar-refractivity contribution in [1.29, 1.82) is 0 Å². The molecule has 0 aromatic heterocycles. The molecule has 3 heteroatoms. The topological polar surface area (TPSA) is 38.3 Å². The van der Waals surface area contributed by atoms with Gasteiger partial charge in [-0.3, -0.25) is 4.79 Å². The van der Waals surface area contributed by atoms with Crippen molar-refractivity contribution in [2.24, 2.45) is 0 Å². The Hall–Kier alpha value is -0.570. The van der Waals surface area contributed by atoms with Crippen molar-refractivity contribution in [3.63, 3.8) is 0 Å². The highest BCUT2D eigenvalue weighted by atomic mass is 16.5. The van der Waals surface area contributed by atoms with Gasteiger partial charge in [-0.1, -0.05) is 34.6 Å². The SMILES string of the molecule is CC.CC.CCCNC=O.COC(C)(C)C. The van der Waals surface area contributed by atoms with Crippen LogP contribution in [0.4, 0.5) is 0 Å². The van der Waals surface area contributed by atoms with Crippen LogP contribution in [-0.4, -0.2) is 25.7 Å². The summed E-state index contributed by atoms with van der Waals surface area (Å²) >= 11 is 0. The molecule has 0 rings (SSSR count). The predicted molar refractivity (Wildman–Crippen MR) is 73.8 cm³/mol. The normalized spacial score (nSPS) is 8.06. The highest BCUT2D eigenvalue weighted by Gasteiger charge is 2.03. The molecule has 3 nitrogen and oxygen atoms in total. The summed E-state index contributed by atoms with van der Waals surface area (Å²) in [6.45, 7) is 16.9. The van der Waals surface area contributed by atoms with Crippen molar-refractivity contribution < 1.29 is 9.53 Å². The minimum atomic E-state index is 0.0417. The van der Waals surface area contributed by atoms with Gasteiger partial charge in [0.25, 0.3) is 0 Å². The number of carbonyl (C=O) groups excluding carboxylic acids is 1. The Morgan fingerprint density at radius 3 is 1.50 bits per heavy atom. The summed E-state index contributed by atoms with van der Waals surface area (Å²) in [7, 11) is 1.71. The van der Waals surface area contributed by atoms with E-state index in [0.717, 1.165) is 13.0 Å². The molecule has 0 spiro atoms. The Bertz CT molecular complexity index is 98.6. The lowest BCUT2D eigenvalue weighted by Gasteiger charge is -2.14. The lowest BCUT2D eigenvalue weighted by molar-refractivity contribution is -0.109. The molecule has 0 unspecified atom stereocenters. The zero-order valence-electron chi connectivity index (χ0n) is 12.8. The van der Waals surface area contributed by atoms with Crippen LogP contribution in [0.1, 0.15) is 61.8 Å². The molecule has 0 atom stereocenters. The summed E-state index contributed by atoms with van der Waals surface area (Å²) in [5.74, 6) is 0. The van der Waals surface area contributed by atoms with E-state index in [1.807, 2.05) is 55.4 Å². The van der Waals surface area contributed by atoms with Crippen molar-refractivity contribution >= 4 is 6.41 Å². The number of hydrogen-bond acceptors (Lipinski definition) is 2. The molecule has 0 aromatic rings. The average Bonchev–Trinajstić information content (AvgIpc) is 2.31. The molecule has 16 heavy (non-hydrogen) atoms. The van der Waals surface area contributed by atoms with Gasteiger partial charge in [-0.2, -0.15) is 0 Å². The van der Waals surface area contributed by atoms with Gasteiger partial charge in [0, 0.05) is 13.7 Å². The van der Waals surface area contributed by atoms with Gasteiger partial charge in [-0.05, 0) is 27.2 Å². The smallest absolute Gasteiger partial charge is 0.207 e. The first-order valence-corrected chi connectivity index (χ1v) is 6.20. The fourth-order valence-corrected chi connectivity index (χ4v) is 0.203. The van der Waals surface area contributed by atoms with Crippen molar-refractivity contribution in [2.45, 2.75) is 67.4 Å². The Morgan fingerprint density at radius 1 is 1.12 bits per heavy atom. The second kappa shape index (κ2) is 23.9. The molecule has 0 radical (unpaired) electrons. The first kappa shape index (κ1) is 24.6. The van der Waals surface area contributed by atoms with E-state index in [-0.39, 0.29) is 5.60 Å². The lowest BCUT2D eigenvalue weighted by Crippen LogP contribution is -2.15. The second-order valence-electron chi connectivity index (χ2n) is 3.39. The van der Waals surface area contributed by atoms with Gasteiger partial charge in [0.15, 0.2) is 0 Å². The van der Waals surface area contributed by atoms with E-state index in [9.17, 15) is 4.79 Å². The molecular weight excluding hydrogens is 202 g/mol. The van der Waals surface area contributed by atoms with Crippen LogP contribution in [0.3, 0.4) is 0 Å². The summed E-state index contributed by atoms with van der Waals surface area (Å²) in [4.78, 5) is 9.45. The van der Waals surface area contributed by atoms with E-state index in [1.165, 1.54) is 0 Å². The van der Waals surface area contributed by atoms with E-state index in [2.05, 4.69) is 5.32 Å². The molecule has 0 saturated heterocycles. The number of amides is 1. The van der Waals surface area contributed by atoms with Gasteiger partial charge in [0.05, 0.1) is 5.60 Å². The predicted octanol–water partition coefficient (Wildman–Crippen LogP) is 3.63. The molecule has 102 valence electrons. The third-order valence-electron chi connectivity index (χ3n) is 1.09. The third kappa shape index (κ3) is 70.4. The van der Waals surface area contributed by atoms with Crippen LogP contribution in [0.25, 0.3) is 0 Å². The lowest BCUT2D eigenvalue weighted by atomic mass is 10.2. The van der Waals surface area contributed by atoms with Gasteiger partial charge in [0.1, 0.15) is 0 Å². The molecular formula is C13H33NO2. The Labute approximate surface area is 103 Å². The first-order chi connectivity index (χ1) is 7.47. The number of rotatable bonds is 3. The highest BCUT2D eigenvalue weighted by molar-refractivity contribution is 5.45. The Kier molecular flexibility index (Phi) is 36.8. The third-order valence-corrected chi connectivity index (χ3v) is 1.09. The summed E-state index contributed by atoms with van der Waals surface area (Å²) < 4.78 is 4.94. The summed E-state index contributed by atoms with van der Waals surface area (Å²) in [6.07, 6.45) is 1.72. The van der Waals surface area contributed by atoms with E-state index in [4.69, 9.17) is 4.74 Å². The van der Waals surface area contributed by atoms with Crippen molar-refractivity contribution in [2.75, 3.05) is 13.7 Å². The maximum atomic E-state index is 9.45. The van der Waals surface area contributed by atoms with Crippen LogP contribution in [0.2, 0.25) is 0 Å². The number of ether oxygens (including phenoxy) is 1. The Morgan fingerprint density at radius 2 is 1.44 bits per heavy atom. The van der Waals surface area contributed by atoms with Crippen molar-refractivity contribution in [1.82, 2.24) is 5.32 Å². The summed E-state index contributed by atoms with van der Waals surface area (Å²) in [5, 5.41) is 2.52. The molecule has 0 aliphatic rings. The minimum absolute atomic E-state index is 0.0417. The molecule has 0 saturated carbocycles. The zero-order chi connectivity index (χ0) is 14.0. The van der Waals surface area contributed by atoms with Crippen LogP contribution in [-0.2, 0) is 9.53 Å². The Balaban J connectivity index is -0.0000000686. The molecule has 0 bridgehead atoms. The molecule has 0 aromatic carbocycles. The average molecular weight is 235 g/mol. The maximum absolute atomic E-state index is 9.45. The van der Waals surface area contributed by atoms with Gasteiger partial charge >= 0.3 is 0 Å².